The van der Waals surface area contributed by atoms with Crippen molar-refractivity contribution in [1.29, 1.82) is 0 Å². The van der Waals surface area contributed by atoms with Gasteiger partial charge >= 0.3 is 12.2 Å². The van der Waals surface area contributed by atoms with Gasteiger partial charge in [0.2, 0.25) is 0 Å². The van der Waals surface area contributed by atoms with Crippen molar-refractivity contribution in [3.8, 4) is 11.8 Å². The van der Waals surface area contributed by atoms with Crippen LogP contribution in [0.2, 0.25) is 0 Å². The van der Waals surface area contributed by atoms with Crippen LogP contribution in [0.1, 0.15) is 11.8 Å². The van der Waals surface area contributed by atoms with Gasteiger partial charge in [-0.1, -0.05) is 0 Å². The molecule has 14 heteroatoms. The van der Waals surface area contributed by atoms with Gasteiger partial charge in [-0.2, -0.15) is 23.1 Å². The van der Waals surface area contributed by atoms with E-state index >= 15 is 0 Å². The molecule has 4 rings (SSSR count). The van der Waals surface area contributed by atoms with Crippen LogP contribution in [-0.4, -0.2) is 59.8 Å². The van der Waals surface area contributed by atoms with Gasteiger partial charge in [-0.15, -0.1) is 0 Å². The number of aromatic nitrogens is 4. The standard InChI is InChI=1S/C17H15F4N5O5/c18-8-2-1-6(3-7(8)17(19,20)21)30-16-24-13(22)10-14(25-16)26(5-23-10)15-12(29)11(28)9(4-27)31-15/h1-3,5,9,11-12,15,27-29H,4H2,(H2,22,24,25)/t9?,11?,12-,15-/m1/s1. The SMILES string of the molecule is Nc1nc(Oc2ccc(F)c(C(F)(F)F)c2)nc2c1ncn2[C@@H]1OC(CO)C(O)[C@H]1O. The van der Waals surface area contributed by atoms with Crippen molar-refractivity contribution in [2.24, 2.45) is 0 Å². The zero-order valence-corrected chi connectivity index (χ0v) is 15.4. The number of fused-ring (bicyclic) bond motifs is 1. The van der Waals surface area contributed by atoms with Gasteiger partial charge in [0.05, 0.1) is 18.5 Å². The molecule has 0 amide bonds. The van der Waals surface area contributed by atoms with Crippen LogP contribution in [0.3, 0.4) is 0 Å². The number of nitrogens with zero attached hydrogens (tertiary/aromatic N) is 4. The Bertz CT molecular complexity index is 1120. The minimum atomic E-state index is -4.94. The molecule has 10 nitrogen and oxygen atoms in total. The summed E-state index contributed by atoms with van der Waals surface area (Å²) in [6.45, 7) is -0.557. The van der Waals surface area contributed by atoms with Gasteiger partial charge in [-0.3, -0.25) is 4.57 Å². The van der Waals surface area contributed by atoms with Gasteiger partial charge in [-0.25, -0.2) is 9.37 Å². The monoisotopic (exact) mass is 445 g/mol. The number of aliphatic hydroxyl groups is 3. The molecule has 0 spiro atoms. The van der Waals surface area contributed by atoms with Gasteiger partial charge in [0, 0.05) is 0 Å². The lowest BCUT2D eigenvalue weighted by atomic mass is 10.1. The zero-order valence-electron chi connectivity index (χ0n) is 15.4. The Labute approximate surface area is 170 Å². The van der Waals surface area contributed by atoms with Crippen LogP contribution in [0.15, 0.2) is 24.5 Å². The molecule has 4 atom stereocenters. The first kappa shape index (κ1) is 21.2. The number of ether oxygens (including phenoxy) is 2. The molecule has 1 aromatic carbocycles. The molecular weight excluding hydrogens is 430 g/mol. The summed E-state index contributed by atoms with van der Waals surface area (Å²) < 4.78 is 64.1. The van der Waals surface area contributed by atoms with Crippen LogP contribution in [-0.2, 0) is 10.9 Å². The van der Waals surface area contributed by atoms with E-state index in [4.69, 9.17) is 15.2 Å². The minimum absolute atomic E-state index is 0.0181. The first-order valence-corrected chi connectivity index (χ1v) is 8.77. The number of hydrogen-bond donors (Lipinski definition) is 4. The van der Waals surface area contributed by atoms with Gasteiger partial charge in [0.25, 0.3) is 0 Å². The lowest BCUT2D eigenvalue weighted by Crippen LogP contribution is -2.33. The van der Waals surface area contributed by atoms with Crippen molar-refractivity contribution in [3.63, 3.8) is 0 Å². The van der Waals surface area contributed by atoms with E-state index in [0.717, 1.165) is 6.07 Å². The smallest absolute Gasteiger partial charge is 0.419 e. The molecule has 1 saturated heterocycles. The average Bonchev–Trinajstić information content (AvgIpc) is 3.24. The van der Waals surface area contributed by atoms with E-state index in [1.54, 1.807) is 0 Å². The highest BCUT2D eigenvalue weighted by Gasteiger charge is 2.44. The van der Waals surface area contributed by atoms with E-state index in [2.05, 4.69) is 15.0 Å². The van der Waals surface area contributed by atoms with Crippen molar-refractivity contribution >= 4 is 17.0 Å². The molecule has 1 aliphatic rings. The Balaban J connectivity index is 1.71. The fourth-order valence-corrected chi connectivity index (χ4v) is 3.15. The molecular formula is C17H15F4N5O5. The molecule has 166 valence electrons. The number of nitrogens with two attached hydrogens (primary N) is 1. The lowest BCUT2D eigenvalue weighted by Gasteiger charge is -2.16. The van der Waals surface area contributed by atoms with E-state index in [1.165, 1.54) is 10.9 Å². The molecule has 3 heterocycles. The molecule has 0 saturated carbocycles. The molecule has 31 heavy (non-hydrogen) atoms. The second kappa shape index (κ2) is 7.56. The maximum atomic E-state index is 13.5. The first-order valence-electron chi connectivity index (χ1n) is 8.77. The second-order valence-corrected chi connectivity index (χ2v) is 6.69. The molecule has 5 N–H and O–H groups in total. The number of rotatable bonds is 4. The summed E-state index contributed by atoms with van der Waals surface area (Å²) in [5.41, 5.74) is 4.34. The Morgan fingerprint density at radius 1 is 1.19 bits per heavy atom. The van der Waals surface area contributed by atoms with Gasteiger partial charge < -0.3 is 30.5 Å². The zero-order chi connectivity index (χ0) is 22.5. The third-order valence-electron chi connectivity index (χ3n) is 4.67. The van der Waals surface area contributed by atoms with Gasteiger partial charge in [0.15, 0.2) is 23.2 Å². The topological polar surface area (TPSA) is 149 Å². The fraction of sp³-hybridized carbons (Fsp3) is 0.353. The van der Waals surface area contributed by atoms with Crippen LogP contribution < -0.4 is 10.5 Å². The summed E-state index contributed by atoms with van der Waals surface area (Å²) in [5.74, 6) is -2.06. The number of halogens is 4. The van der Waals surface area contributed by atoms with Crippen molar-refractivity contribution in [2.75, 3.05) is 12.3 Å². The Morgan fingerprint density at radius 2 is 1.94 bits per heavy atom. The molecule has 0 bridgehead atoms. The summed E-state index contributed by atoms with van der Waals surface area (Å²) in [5, 5.41) is 29.4. The van der Waals surface area contributed by atoms with Gasteiger partial charge in [0.1, 0.15) is 29.9 Å². The predicted molar refractivity (Wildman–Crippen MR) is 94.2 cm³/mol. The molecule has 1 fully saturated rings. The van der Waals surface area contributed by atoms with Crippen LogP contribution >= 0.6 is 0 Å². The number of aliphatic hydroxyl groups excluding tert-OH is 3. The summed E-state index contributed by atoms with van der Waals surface area (Å²) in [7, 11) is 0. The van der Waals surface area contributed by atoms with E-state index in [1.807, 2.05) is 0 Å². The highest BCUT2D eigenvalue weighted by atomic mass is 19.4. The number of anilines is 1. The van der Waals surface area contributed by atoms with Gasteiger partial charge in [-0.05, 0) is 18.2 Å². The fourth-order valence-electron chi connectivity index (χ4n) is 3.15. The molecule has 1 aliphatic heterocycles. The number of nitrogen functional groups attached to an aromatic ring is 1. The highest BCUT2D eigenvalue weighted by molar-refractivity contribution is 5.82. The van der Waals surface area contributed by atoms with Crippen molar-refractivity contribution < 1.29 is 42.4 Å². The number of benzene rings is 1. The minimum Gasteiger partial charge on any atom is -0.424 e. The molecule has 0 radical (unpaired) electrons. The quantitative estimate of drug-likeness (QED) is 0.431. The van der Waals surface area contributed by atoms with E-state index in [0.29, 0.717) is 12.1 Å². The van der Waals surface area contributed by atoms with Crippen LogP contribution in [0.25, 0.3) is 11.2 Å². The Hall–Kier alpha value is -3.07. The lowest BCUT2D eigenvalue weighted by molar-refractivity contribution is -0.140. The number of hydrogen-bond acceptors (Lipinski definition) is 9. The summed E-state index contributed by atoms with van der Waals surface area (Å²) in [6, 6.07) is 1.52. The van der Waals surface area contributed by atoms with Crippen LogP contribution in [0, 0.1) is 5.82 Å². The number of alkyl halides is 3. The first-order chi connectivity index (χ1) is 14.6. The molecule has 3 aromatic rings. The maximum Gasteiger partial charge on any atom is 0.419 e. The van der Waals surface area contributed by atoms with Crippen LogP contribution in [0.4, 0.5) is 23.4 Å². The number of imidazole rings is 1. The summed E-state index contributed by atoms with van der Waals surface area (Å²) in [6.07, 6.45) is -8.83. The normalized spacial score (nSPS) is 24.1. The van der Waals surface area contributed by atoms with Crippen molar-refractivity contribution in [1.82, 2.24) is 19.5 Å². The average molecular weight is 445 g/mol. The highest BCUT2D eigenvalue weighted by Crippen LogP contribution is 2.36. The second-order valence-electron chi connectivity index (χ2n) is 6.69. The molecule has 2 aromatic heterocycles. The third-order valence-corrected chi connectivity index (χ3v) is 4.67. The Kier molecular flexibility index (Phi) is 5.17. The Morgan fingerprint density at radius 3 is 2.58 bits per heavy atom. The van der Waals surface area contributed by atoms with Crippen LogP contribution in [0.5, 0.6) is 11.8 Å². The molecule has 0 aliphatic carbocycles. The van der Waals surface area contributed by atoms with Crippen molar-refractivity contribution in [3.05, 3.63) is 35.9 Å². The van der Waals surface area contributed by atoms with Crippen molar-refractivity contribution in [2.45, 2.75) is 30.7 Å². The third kappa shape index (κ3) is 3.74. The van der Waals surface area contributed by atoms with E-state index in [-0.39, 0.29) is 17.0 Å². The van der Waals surface area contributed by atoms with E-state index < -0.39 is 60.5 Å². The maximum absolute atomic E-state index is 13.5. The summed E-state index contributed by atoms with van der Waals surface area (Å²) in [4.78, 5) is 11.9. The van der Waals surface area contributed by atoms with E-state index in [9.17, 15) is 32.9 Å². The largest absolute Gasteiger partial charge is 0.424 e. The predicted octanol–water partition coefficient (Wildman–Crippen LogP) is 0.970. The molecule has 2 unspecified atom stereocenters. The summed E-state index contributed by atoms with van der Waals surface area (Å²) >= 11 is 0.